The third-order valence-corrected chi connectivity index (χ3v) is 12.6. The Balaban J connectivity index is 1.12. The number of alkyl halides is 2. The molecular formula is C37H34F4N6O2. The molecule has 5 heterocycles. The van der Waals surface area contributed by atoms with E-state index in [2.05, 4.69) is 20.8 Å². The van der Waals surface area contributed by atoms with Gasteiger partial charge < -0.3 is 20.1 Å². The Bertz CT molecular complexity index is 2140. The predicted molar refractivity (Wildman–Crippen MR) is 176 cm³/mol. The maximum Gasteiger partial charge on any atom is 0.319 e. The molecule has 2 aromatic heterocycles. The molecule has 2 spiro atoms. The summed E-state index contributed by atoms with van der Waals surface area (Å²) >= 11 is 0. The van der Waals surface area contributed by atoms with Gasteiger partial charge in [-0.2, -0.15) is 9.97 Å². The van der Waals surface area contributed by atoms with E-state index in [0.717, 1.165) is 38.8 Å². The van der Waals surface area contributed by atoms with Gasteiger partial charge in [0.05, 0.1) is 35.7 Å². The molecule has 12 heteroatoms. The van der Waals surface area contributed by atoms with Crippen molar-refractivity contribution in [3.63, 3.8) is 0 Å². The lowest BCUT2D eigenvalue weighted by Gasteiger charge is -2.37. The number of hydrogen-bond acceptors (Lipinski definition) is 8. The van der Waals surface area contributed by atoms with Crippen molar-refractivity contribution in [2.45, 2.75) is 56.0 Å². The third kappa shape index (κ3) is 4.09. The van der Waals surface area contributed by atoms with Gasteiger partial charge >= 0.3 is 6.01 Å². The van der Waals surface area contributed by atoms with Crippen molar-refractivity contribution < 1.29 is 27.0 Å². The largest absolute Gasteiger partial charge is 0.461 e. The SMILES string of the molecule is C#Cc1c(F)ccc2cc(N)cc(-c3ncc4c(N5CCOC[C@H]6[C@H](F)[C@H]65)nc(OC[C@]56C[C@@]7(C[C@@H]7F)CN5CCC65CC5)nc4c3F)c12. The van der Waals surface area contributed by atoms with Crippen molar-refractivity contribution in [1.82, 2.24) is 19.9 Å². The first-order chi connectivity index (χ1) is 23.7. The van der Waals surface area contributed by atoms with Gasteiger partial charge in [0.25, 0.3) is 0 Å². The Kier molecular flexibility index (Phi) is 6.02. The lowest BCUT2D eigenvalue weighted by atomic mass is 9.78. The van der Waals surface area contributed by atoms with E-state index in [-0.39, 0.29) is 62.6 Å². The molecule has 6 atom stereocenters. The average molecular weight is 671 g/mol. The van der Waals surface area contributed by atoms with Crippen molar-refractivity contribution in [2.75, 3.05) is 50.1 Å². The fraction of sp³-hybridized carbons (Fsp3) is 0.486. The summed E-state index contributed by atoms with van der Waals surface area (Å²) in [5.41, 5.74) is 5.95. The van der Waals surface area contributed by atoms with Crippen molar-refractivity contribution in [3.05, 3.63) is 47.7 Å². The average Bonchev–Trinajstić information content (AvgIpc) is 4.03. The minimum atomic E-state index is -1.12. The number of pyridine rings is 1. The molecule has 49 heavy (non-hydrogen) atoms. The fourth-order valence-electron chi connectivity index (χ4n) is 9.64. The van der Waals surface area contributed by atoms with Crippen LogP contribution in [0.4, 0.5) is 29.1 Å². The minimum absolute atomic E-state index is 0.0329. The number of benzene rings is 2. The molecule has 8 nitrogen and oxygen atoms in total. The number of aromatic nitrogens is 3. The van der Waals surface area contributed by atoms with E-state index in [4.69, 9.17) is 26.6 Å². The van der Waals surface area contributed by atoms with E-state index in [1.807, 2.05) is 4.90 Å². The van der Waals surface area contributed by atoms with Crippen LogP contribution in [-0.4, -0.2) is 83.2 Å². The molecule has 0 bridgehead atoms. The van der Waals surface area contributed by atoms with E-state index in [1.165, 1.54) is 24.4 Å². The number of nitrogens with two attached hydrogens (primary N) is 1. The number of nitrogens with zero attached hydrogens (tertiary/aromatic N) is 5. The number of nitrogen functional groups attached to an aromatic ring is 1. The summed E-state index contributed by atoms with van der Waals surface area (Å²) in [6.07, 6.45) is 9.73. The van der Waals surface area contributed by atoms with E-state index >= 15 is 8.78 Å². The van der Waals surface area contributed by atoms with Crippen molar-refractivity contribution in [2.24, 2.45) is 16.7 Å². The van der Waals surface area contributed by atoms with Crippen LogP contribution in [0.5, 0.6) is 6.01 Å². The van der Waals surface area contributed by atoms with Gasteiger partial charge in [0, 0.05) is 47.3 Å². The van der Waals surface area contributed by atoms with E-state index in [1.54, 1.807) is 6.07 Å². The van der Waals surface area contributed by atoms with Crippen molar-refractivity contribution >= 4 is 33.2 Å². The lowest BCUT2D eigenvalue weighted by Crippen LogP contribution is -2.49. The van der Waals surface area contributed by atoms with Gasteiger partial charge in [-0.05, 0) is 67.6 Å². The topological polar surface area (TPSA) is 89.6 Å². The van der Waals surface area contributed by atoms with Gasteiger partial charge in [-0.1, -0.05) is 12.0 Å². The predicted octanol–water partition coefficient (Wildman–Crippen LogP) is 5.60. The van der Waals surface area contributed by atoms with Gasteiger partial charge in [0.2, 0.25) is 0 Å². The first-order valence-corrected chi connectivity index (χ1v) is 17.0. The highest BCUT2D eigenvalue weighted by Crippen LogP contribution is 2.72. The van der Waals surface area contributed by atoms with Gasteiger partial charge in [-0.3, -0.25) is 9.88 Å². The number of anilines is 2. The molecule has 3 aliphatic heterocycles. The number of rotatable bonds is 5. The summed E-state index contributed by atoms with van der Waals surface area (Å²) in [6, 6.07) is 5.42. The molecular weight excluding hydrogens is 636 g/mol. The Morgan fingerprint density at radius 3 is 2.73 bits per heavy atom. The number of hydrogen-bond donors (Lipinski definition) is 1. The maximum absolute atomic E-state index is 17.0. The zero-order valence-corrected chi connectivity index (χ0v) is 26.7. The molecule has 3 saturated heterocycles. The second-order valence-corrected chi connectivity index (χ2v) is 15.1. The molecule has 3 aliphatic carbocycles. The standard InChI is InChI=1S/C37H34F4N6O2/c1-2-21-25(38)4-3-19-11-20(42)12-22(27(19)21)30-29(41)31-23(14-43-30)33(47-9-10-48-15-24-28(40)32(24)47)45-34(44-31)49-18-37-16-35(13-26(35)39)17-46(37)8-7-36(37)5-6-36/h1,3-4,11-12,14,24,26,28,32H,5-10,13,15-18,42H2/t24-,26-,28-,32-,35-,37-/m0/s1. The number of fused-ring (bicyclic) bond motifs is 5. The maximum atomic E-state index is 17.0. The van der Waals surface area contributed by atoms with Crippen LogP contribution < -0.4 is 15.4 Å². The molecule has 6 aliphatic rings. The Morgan fingerprint density at radius 2 is 1.96 bits per heavy atom. The van der Waals surface area contributed by atoms with E-state index in [0.29, 0.717) is 48.5 Å². The third-order valence-electron chi connectivity index (χ3n) is 12.6. The normalized spacial score (nSPS) is 32.3. The second-order valence-electron chi connectivity index (χ2n) is 15.1. The van der Waals surface area contributed by atoms with Crippen LogP contribution in [0.3, 0.4) is 0 Å². The highest BCUT2D eigenvalue weighted by molar-refractivity contribution is 6.03. The first kappa shape index (κ1) is 29.7. The highest BCUT2D eigenvalue weighted by Gasteiger charge is 2.75. The zero-order valence-electron chi connectivity index (χ0n) is 26.7. The van der Waals surface area contributed by atoms with Gasteiger partial charge in [-0.15, -0.1) is 6.42 Å². The molecule has 3 saturated carbocycles. The van der Waals surface area contributed by atoms with Crippen LogP contribution in [0, 0.1) is 40.7 Å². The second kappa shape index (κ2) is 9.94. The van der Waals surface area contributed by atoms with E-state index < -0.39 is 30.0 Å². The molecule has 0 radical (unpaired) electrons. The Hall–Kier alpha value is -4.21. The summed E-state index contributed by atoms with van der Waals surface area (Å²) in [5.74, 6) is 0.959. The summed E-state index contributed by atoms with van der Waals surface area (Å²) < 4.78 is 73.9. The van der Waals surface area contributed by atoms with Gasteiger partial charge in [0.1, 0.15) is 41.8 Å². The summed E-state index contributed by atoms with van der Waals surface area (Å²) in [7, 11) is 0. The molecule has 6 fully saturated rings. The highest BCUT2D eigenvalue weighted by atomic mass is 19.1. The smallest absolute Gasteiger partial charge is 0.319 e. The van der Waals surface area contributed by atoms with Crippen molar-refractivity contribution in [1.29, 1.82) is 0 Å². The van der Waals surface area contributed by atoms with Crippen LogP contribution in [0.15, 0.2) is 30.5 Å². The molecule has 2 N–H and O–H groups in total. The van der Waals surface area contributed by atoms with Crippen LogP contribution in [0.2, 0.25) is 0 Å². The van der Waals surface area contributed by atoms with Crippen LogP contribution in [0.1, 0.15) is 37.7 Å². The summed E-state index contributed by atoms with van der Waals surface area (Å²) in [4.78, 5) is 18.2. The number of ether oxygens (including phenoxy) is 2. The number of halogens is 4. The monoisotopic (exact) mass is 670 g/mol. The van der Waals surface area contributed by atoms with Crippen LogP contribution in [-0.2, 0) is 4.74 Å². The zero-order chi connectivity index (χ0) is 33.4. The van der Waals surface area contributed by atoms with E-state index in [9.17, 15) is 8.78 Å². The van der Waals surface area contributed by atoms with Crippen LogP contribution >= 0.6 is 0 Å². The molecule has 252 valence electrons. The minimum Gasteiger partial charge on any atom is -0.461 e. The first-order valence-electron chi connectivity index (χ1n) is 17.0. The quantitative estimate of drug-likeness (QED) is 0.167. The van der Waals surface area contributed by atoms with Gasteiger partial charge in [0.15, 0.2) is 5.82 Å². The Morgan fingerprint density at radius 1 is 1.12 bits per heavy atom. The molecule has 0 unspecified atom stereocenters. The fourth-order valence-corrected chi connectivity index (χ4v) is 9.64. The molecule has 2 aromatic carbocycles. The molecule has 4 aromatic rings. The number of terminal acetylenes is 1. The van der Waals surface area contributed by atoms with Gasteiger partial charge in [-0.25, -0.2) is 17.6 Å². The summed E-state index contributed by atoms with van der Waals surface area (Å²) in [5, 5.41) is 1.11. The van der Waals surface area contributed by atoms with Crippen LogP contribution in [0.25, 0.3) is 32.9 Å². The Labute approximate surface area is 280 Å². The molecule has 0 amide bonds. The summed E-state index contributed by atoms with van der Waals surface area (Å²) in [6.45, 7) is 2.84. The van der Waals surface area contributed by atoms with Crippen molar-refractivity contribution in [3.8, 4) is 29.6 Å². The molecule has 10 rings (SSSR count). The lowest BCUT2D eigenvalue weighted by molar-refractivity contribution is 0.0638.